The van der Waals surface area contributed by atoms with Gasteiger partial charge in [0, 0.05) is 44.3 Å². The minimum Gasteiger partial charge on any atom is -0.497 e. The first-order chi connectivity index (χ1) is 14.3. The topological polar surface area (TPSA) is 126 Å². The zero-order valence-electron chi connectivity index (χ0n) is 16.9. The lowest BCUT2D eigenvalue weighted by molar-refractivity contribution is -0.384. The van der Waals surface area contributed by atoms with Crippen LogP contribution in [0.25, 0.3) is 0 Å². The molecule has 0 aliphatic carbocycles. The number of hydrogen-bond acceptors (Lipinski definition) is 7. The van der Waals surface area contributed by atoms with E-state index in [4.69, 9.17) is 4.74 Å². The first kappa shape index (κ1) is 22.3. The van der Waals surface area contributed by atoms with Crippen molar-refractivity contribution in [3.8, 4) is 5.75 Å². The molecule has 2 N–H and O–H groups in total. The van der Waals surface area contributed by atoms with E-state index in [1.807, 2.05) is 0 Å². The number of nitrogens with zero attached hydrogens (tertiary/aromatic N) is 3. The molecule has 0 spiro atoms. The molecule has 10 heteroatoms. The summed E-state index contributed by atoms with van der Waals surface area (Å²) in [7, 11) is 4.97. The van der Waals surface area contributed by atoms with Crippen molar-refractivity contribution < 1.29 is 19.2 Å². The standard InChI is InChI=1S/C20H23N5O5/c1-24(2)17-9-4-14(12-18(17)25(28)29)13-21-23-20(27)11-10-19(26)22-15-5-7-16(30-3)8-6-15/h4-9,12-13H,10-11H2,1-3H3,(H,22,26)(H,23,27). The molecule has 0 saturated heterocycles. The smallest absolute Gasteiger partial charge is 0.293 e. The Morgan fingerprint density at radius 1 is 1.13 bits per heavy atom. The highest BCUT2D eigenvalue weighted by Gasteiger charge is 2.15. The van der Waals surface area contributed by atoms with Gasteiger partial charge in [-0.15, -0.1) is 0 Å². The van der Waals surface area contributed by atoms with Gasteiger partial charge in [-0.25, -0.2) is 5.43 Å². The van der Waals surface area contributed by atoms with Crippen LogP contribution in [0.3, 0.4) is 0 Å². The second-order valence-electron chi connectivity index (χ2n) is 6.47. The van der Waals surface area contributed by atoms with Crippen molar-refractivity contribution >= 4 is 35.1 Å². The maximum absolute atomic E-state index is 11.9. The highest BCUT2D eigenvalue weighted by molar-refractivity contribution is 5.93. The molecule has 30 heavy (non-hydrogen) atoms. The molecular formula is C20H23N5O5. The van der Waals surface area contributed by atoms with E-state index in [9.17, 15) is 19.7 Å². The van der Waals surface area contributed by atoms with Gasteiger partial charge in [-0.1, -0.05) is 6.07 Å². The molecule has 0 saturated carbocycles. The maximum atomic E-state index is 11.9. The highest BCUT2D eigenvalue weighted by Crippen LogP contribution is 2.27. The molecule has 0 heterocycles. The summed E-state index contributed by atoms with van der Waals surface area (Å²) in [5, 5.41) is 17.7. The van der Waals surface area contributed by atoms with Gasteiger partial charge in [-0.05, 0) is 30.3 Å². The number of rotatable bonds is 9. The number of nitro benzene ring substituents is 1. The molecule has 0 atom stereocenters. The second kappa shape index (κ2) is 10.6. The molecule has 0 unspecified atom stereocenters. The Balaban J connectivity index is 1.83. The molecule has 2 aromatic rings. The van der Waals surface area contributed by atoms with Crippen LogP contribution in [0.2, 0.25) is 0 Å². The summed E-state index contributed by atoms with van der Waals surface area (Å²) in [5.74, 6) is -0.0864. The molecule has 0 radical (unpaired) electrons. The summed E-state index contributed by atoms with van der Waals surface area (Å²) in [4.78, 5) is 36.1. The van der Waals surface area contributed by atoms with Crippen LogP contribution in [0, 0.1) is 10.1 Å². The van der Waals surface area contributed by atoms with Gasteiger partial charge >= 0.3 is 0 Å². The molecule has 2 aromatic carbocycles. The molecule has 0 bridgehead atoms. The van der Waals surface area contributed by atoms with Crippen LogP contribution in [0.5, 0.6) is 5.75 Å². The molecule has 158 valence electrons. The van der Waals surface area contributed by atoms with Gasteiger partial charge in [0.2, 0.25) is 11.8 Å². The van der Waals surface area contributed by atoms with Crippen molar-refractivity contribution in [3.05, 3.63) is 58.1 Å². The third-order valence-electron chi connectivity index (χ3n) is 4.03. The zero-order valence-corrected chi connectivity index (χ0v) is 16.9. The summed E-state index contributed by atoms with van der Waals surface area (Å²) in [5.41, 5.74) is 3.76. The molecular weight excluding hydrogens is 390 g/mol. The monoisotopic (exact) mass is 413 g/mol. The normalized spacial score (nSPS) is 10.5. The van der Waals surface area contributed by atoms with E-state index in [0.717, 1.165) is 0 Å². The van der Waals surface area contributed by atoms with Crippen LogP contribution in [0.4, 0.5) is 17.1 Å². The van der Waals surface area contributed by atoms with E-state index in [1.165, 1.54) is 12.3 Å². The summed E-state index contributed by atoms with van der Waals surface area (Å²) in [6.45, 7) is 0. The predicted octanol–water partition coefficient (Wildman–Crippen LogP) is 2.54. The number of hydrazone groups is 1. The number of benzene rings is 2. The van der Waals surface area contributed by atoms with E-state index in [1.54, 1.807) is 62.5 Å². The first-order valence-electron chi connectivity index (χ1n) is 9.01. The summed E-state index contributed by atoms with van der Waals surface area (Å²) < 4.78 is 5.04. The Morgan fingerprint density at radius 2 is 1.80 bits per heavy atom. The Bertz CT molecular complexity index is 941. The molecule has 10 nitrogen and oxygen atoms in total. The van der Waals surface area contributed by atoms with Crippen molar-refractivity contribution in [2.24, 2.45) is 5.10 Å². The van der Waals surface area contributed by atoms with E-state index in [-0.39, 0.29) is 24.4 Å². The number of methoxy groups -OCH3 is 1. The average Bonchev–Trinajstić information content (AvgIpc) is 2.72. The minimum atomic E-state index is -0.479. The van der Waals surface area contributed by atoms with E-state index >= 15 is 0 Å². The number of carbonyl (C=O) groups is 2. The van der Waals surface area contributed by atoms with Gasteiger partial charge in [0.05, 0.1) is 18.2 Å². The molecule has 2 amide bonds. The number of nitrogens with one attached hydrogen (secondary N) is 2. The summed E-state index contributed by atoms with van der Waals surface area (Å²) >= 11 is 0. The first-order valence-corrected chi connectivity index (χ1v) is 9.01. The van der Waals surface area contributed by atoms with Crippen LogP contribution in [0.1, 0.15) is 18.4 Å². The van der Waals surface area contributed by atoms with Gasteiger partial charge in [0.1, 0.15) is 11.4 Å². The molecule has 0 fully saturated rings. The lowest BCUT2D eigenvalue weighted by Crippen LogP contribution is -2.20. The zero-order chi connectivity index (χ0) is 22.1. The summed E-state index contributed by atoms with van der Waals surface area (Å²) in [6, 6.07) is 11.4. The quantitative estimate of drug-likeness (QED) is 0.370. The Kier molecular flexibility index (Phi) is 7.86. The number of hydrogen-bond donors (Lipinski definition) is 2. The van der Waals surface area contributed by atoms with Gasteiger partial charge in [0.25, 0.3) is 5.69 Å². The van der Waals surface area contributed by atoms with Crippen LogP contribution in [0.15, 0.2) is 47.6 Å². The Morgan fingerprint density at radius 3 is 2.40 bits per heavy atom. The van der Waals surface area contributed by atoms with Gasteiger partial charge < -0.3 is 15.0 Å². The largest absolute Gasteiger partial charge is 0.497 e. The van der Waals surface area contributed by atoms with Gasteiger partial charge in [-0.2, -0.15) is 5.10 Å². The fourth-order valence-electron chi connectivity index (χ4n) is 2.50. The third-order valence-corrected chi connectivity index (χ3v) is 4.03. The summed E-state index contributed by atoms with van der Waals surface area (Å²) in [6.07, 6.45) is 1.23. The van der Waals surface area contributed by atoms with E-state index < -0.39 is 10.8 Å². The number of anilines is 2. The van der Waals surface area contributed by atoms with Crippen molar-refractivity contribution in [2.75, 3.05) is 31.4 Å². The Labute approximate surface area is 173 Å². The number of nitro groups is 1. The number of amides is 2. The average molecular weight is 413 g/mol. The van der Waals surface area contributed by atoms with Gasteiger partial charge in [-0.3, -0.25) is 19.7 Å². The maximum Gasteiger partial charge on any atom is 0.293 e. The van der Waals surface area contributed by atoms with Gasteiger partial charge in [0.15, 0.2) is 0 Å². The highest BCUT2D eigenvalue weighted by atomic mass is 16.6. The third kappa shape index (κ3) is 6.59. The second-order valence-corrected chi connectivity index (χ2v) is 6.47. The SMILES string of the molecule is COc1ccc(NC(=O)CCC(=O)NN=Cc2ccc(N(C)C)c([N+](=O)[O-])c2)cc1. The van der Waals surface area contributed by atoms with Crippen LogP contribution >= 0.6 is 0 Å². The minimum absolute atomic E-state index is 0.0175. The van der Waals surface area contributed by atoms with Crippen LogP contribution in [-0.4, -0.2) is 44.2 Å². The lowest BCUT2D eigenvalue weighted by atomic mass is 10.2. The fourth-order valence-corrected chi connectivity index (χ4v) is 2.50. The van der Waals surface area contributed by atoms with Crippen molar-refractivity contribution in [1.82, 2.24) is 5.43 Å². The predicted molar refractivity (Wildman–Crippen MR) is 114 cm³/mol. The van der Waals surface area contributed by atoms with Crippen molar-refractivity contribution in [2.45, 2.75) is 12.8 Å². The van der Waals surface area contributed by atoms with Crippen LogP contribution < -0.4 is 20.4 Å². The fraction of sp³-hybridized carbons (Fsp3) is 0.250. The molecule has 0 aliphatic heterocycles. The lowest BCUT2D eigenvalue weighted by Gasteiger charge is -2.12. The van der Waals surface area contributed by atoms with Crippen LogP contribution in [-0.2, 0) is 9.59 Å². The Hall–Kier alpha value is -3.95. The molecule has 0 aliphatic rings. The number of carbonyl (C=O) groups excluding carboxylic acids is 2. The van der Waals surface area contributed by atoms with Crippen molar-refractivity contribution in [1.29, 1.82) is 0 Å². The number of ether oxygens (including phenoxy) is 1. The van der Waals surface area contributed by atoms with Crippen molar-refractivity contribution in [3.63, 3.8) is 0 Å². The van der Waals surface area contributed by atoms with E-state index in [0.29, 0.717) is 22.7 Å². The molecule has 2 rings (SSSR count). The molecule has 0 aromatic heterocycles. The van der Waals surface area contributed by atoms with E-state index in [2.05, 4.69) is 15.8 Å².